The smallest absolute Gasteiger partial charge is 0.307 e. The van der Waals surface area contributed by atoms with Gasteiger partial charge in [-0.1, -0.05) is 30.4 Å². The lowest BCUT2D eigenvalue weighted by Gasteiger charge is -2.24. The Morgan fingerprint density at radius 3 is 2.33 bits per heavy atom. The molecule has 2 aromatic carbocycles. The van der Waals surface area contributed by atoms with E-state index in [9.17, 15) is 19.5 Å². The summed E-state index contributed by atoms with van der Waals surface area (Å²) in [6.07, 6.45) is 4.54. The van der Waals surface area contributed by atoms with E-state index in [0.29, 0.717) is 29.1 Å². The Morgan fingerprint density at radius 2 is 1.67 bits per heavy atom. The number of benzene rings is 2. The summed E-state index contributed by atoms with van der Waals surface area (Å²) in [5.41, 5.74) is 1.46. The number of ether oxygens (including phenoxy) is 1. The third kappa shape index (κ3) is 3.66. The van der Waals surface area contributed by atoms with Gasteiger partial charge in [0.1, 0.15) is 5.75 Å². The summed E-state index contributed by atoms with van der Waals surface area (Å²) in [4.78, 5) is 36.9. The lowest BCUT2D eigenvalue weighted by molar-refractivity contribution is -0.146. The van der Waals surface area contributed by atoms with E-state index >= 15 is 0 Å². The van der Waals surface area contributed by atoms with E-state index in [4.69, 9.17) is 4.74 Å². The fraction of sp³-hybridized carbons (Fsp3) is 0.261. The molecule has 1 saturated carbocycles. The molecule has 7 nitrogen and oxygen atoms in total. The van der Waals surface area contributed by atoms with Crippen LogP contribution in [-0.2, 0) is 9.59 Å². The van der Waals surface area contributed by atoms with Crippen LogP contribution < -0.4 is 15.4 Å². The zero-order valence-electron chi connectivity index (χ0n) is 16.4. The predicted octanol–water partition coefficient (Wildman–Crippen LogP) is 3.41. The number of allylic oxidation sites excluding steroid dienone is 2. The molecule has 0 aliphatic heterocycles. The molecule has 2 aromatic rings. The van der Waals surface area contributed by atoms with Gasteiger partial charge in [-0.15, -0.1) is 0 Å². The standard InChI is InChI=1S/C23H22N2O5/c1-30-18-12-16(9-10-17(18)25-21(26)13-5-3-2-4-6-13)24-22(27)19-14-7-8-15(11-14)20(19)23(28)29/h2-10,12,14-15,19-20H,11H2,1H3,(H,24,27)(H,25,26)(H,28,29)/t14-,15-,19+,20-/m0/s1. The van der Waals surface area contributed by atoms with Gasteiger partial charge >= 0.3 is 5.97 Å². The maximum atomic E-state index is 12.8. The summed E-state index contributed by atoms with van der Waals surface area (Å²) in [7, 11) is 1.47. The first-order chi connectivity index (χ1) is 14.5. The number of carbonyl (C=O) groups is 3. The van der Waals surface area contributed by atoms with Crippen LogP contribution >= 0.6 is 0 Å². The highest BCUT2D eigenvalue weighted by Gasteiger charge is 2.51. The molecule has 0 saturated heterocycles. The number of nitrogens with one attached hydrogen (secondary N) is 2. The first-order valence-electron chi connectivity index (χ1n) is 9.74. The SMILES string of the molecule is COc1cc(NC(=O)[C@H]2[C@@H](C(=O)O)[C@H]3C=C[C@H]2C3)ccc1NC(=O)c1ccccc1. The minimum Gasteiger partial charge on any atom is -0.494 e. The number of amides is 2. The molecule has 0 unspecified atom stereocenters. The molecule has 1 fully saturated rings. The normalized spacial score (nSPS) is 23.8. The first kappa shape index (κ1) is 19.7. The van der Waals surface area contributed by atoms with Crippen molar-refractivity contribution in [3.05, 3.63) is 66.2 Å². The summed E-state index contributed by atoms with van der Waals surface area (Å²) in [6, 6.07) is 13.7. The zero-order valence-corrected chi connectivity index (χ0v) is 16.4. The van der Waals surface area contributed by atoms with Crippen molar-refractivity contribution in [1.82, 2.24) is 0 Å². The molecule has 3 N–H and O–H groups in total. The number of aliphatic carboxylic acids is 1. The van der Waals surface area contributed by atoms with Gasteiger partial charge in [0.2, 0.25) is 5.91 Å². The van der Waals surface area contributed by atoms with Crippen molar-refractivity contribution in [3.63, 3.8) is 0 Å². The van der Waals surface area contributed by atoms with Crippen LogP contribution in [0, 0.1) is 23.7 Å². The van der Waals surface area contributed by atoms with E-state index in [1.807, 2.05) is 18.2 Å². The van der Waals surface area contributed by atoms with Gasteiger partial charge in [0, 0.05) is 17.3 Å². The maximum Gasteiger partial charge on any atom is 0.307 e. The summed E-state index contributed by atoms with van der Waals surface area (Å²) in [5, 5.41) is 15.1. The monoisotopic (exact) mass is 406 g/mol. The minimum absolute atomic E-state index is 0.0533. The van der Waals surface area contributed by atoms with Gasteiger partial charge < -0.3 is 20.5 Å². The largest absolute Gasteiger partial charge is 0.494 e. The summed E-state index contributed by atoms with van der Waals surface area (Å²) in [5.74, 6) is -2.59. The highest BCUT2D eigenvalue weighted by molar-refractivity contribution is 6.05. The molecule has 2 aliphatic rings. The van der Waals surface area contributed by atoms with Gasteiger partial charge in [0.05, 0.1) is 24.6 Å². The Bertz CT molecular complexity index is 1020. The Labute approximate surface area is 173 Å². The minimum atomic E-state index is -0.941. The average molecular weight is 406 g/mol. The van der Waals surface area contributed by atoms with E-state index in [0.717, 1.165) is 0 Å². The first-order valence-corrected chi connectivity index (χ1v) is 9.74. The van der Waals surface area contributed by atoms with Gasteiger partial charge in [0.15, 0.2) is 0 Å². The number of carboxylic acids is 1. The second kappa shape index (κ2) is 8.02. The lowest BCUT2D eigenvalue weighted by Crippen LogP contribution is -2.36. The van der Waals surface area contributed by atoms with E-state index < -0.39 is 17.8 Å². The van der Waals surface area contributed by atoms with Gasteiger partial charge in [0.25, 0.3) is 5.91 Å². The van der Waals surface area contributed by atoms with Crippen LogP contribution in [0.1, 0.15) is 16.8 Å². The Morgan fingerprint density at radius 1 is 0.967 bits per heavy atom. The van der Waals surface area contributed by atoms with Crippen LogP contribution in [0.3, 0.4) is 0 Å². The summed E-state index contributed by atoms with van der Waals surface area (Å²) >= 11 is 0. The second-order valence-corrected chi connectivity index (χ2v) is 7.56. The van der Waals surface area contributed by atoms with Gasteiger partial charge in [-0.05, 0) is 42.5 Å². The van der Waals surface area contributed by atoms with Crippen molar-refractivity contribution in [2.24, 2.45) is 23.7 Å². The molecule has 154 valence electrons. The van der Waals surface area contributed by atoms with E-state index in [2.05, 4.69) is 10.6 Å². The van der Waals surface area contributed by atoms with Crippen LogP contribution in [0.5, 0.6) is 5.75 Å². The summed E-state index contributed by atoms with van der Waals surface area (Å²) in [6.45, 7) is 0. The summed E-state index contributed by atoms with van der Waals surface area (Å²) < 4.78 is 5.37. The Balaban J connectivity index is 1.49. The van der Waals surface area contributed by atoms with Gasteiger partial charge in [-0.3, -0.25) is 14.4 Å². The van der Waals surface area contributed by atoms with Crippen LogP contribution in [0.15, 0.2) is 60.7 Å². The molecule has 4 rings (SSSR count). The van der Waals surface area contributed by atoms with E-state index in [1.165, 1.54) is 7.11 Å². The average Bonchev–Trinajstić information content (AvgIpc) is 3.37. The third-order valence-corrected chi connectivity index (χ3v) is 5.80. The van der Waals surface area contributed by atoms with Crippen LogP contribution in [0.4, 0.5) is 11.4 Å². The van der Waals surface area contributed by atoms with E-state index in [1.54, 1.807) is 42.5 Å². The third-order valence-electron chi connectivity index (χ3n) is 5.80. The highest BCUT2D eigenvalue weighted by atomic mass is 16.5. The van der Waals surface area contributed by atoms with Gasteiger partial charge in [-0.2, -0.15) is 0 Å². The van der Waals surface area contributed by atoms with Crippen LogP contribution in [0.2, 0.25) is 0 Å². The van der Waals surface area contributed by atoms with Crippen molar-refractivity contribution >= 4 is 29.2 Å². The van der Waals surface area contributed by atoms with Crippen molar-refractivity contribution in [2.45, 2.75) is 6.42 Å². The fourth-order valence-electron chi connectivity index (χ4n) is 4.40. The number of anilines is 2. The number of rotatable bonds is 6. The van der Waals surface area contributed by atoms with Crippen molar-refractivity contribution in [1.29, 1.82) is 0 Å². The quantitative estimate of drug-likeness (QED) is 0.638. The highest BCUT2D eigenvalue weighted by Crippen LogP contribution is 2.48. The zero-order chi connectivity index (χ0) is 21.3. The van der Waals surface area contributed by atoms with Crippen molar-refractivity contribution in [2.75, 3.05) is 17.7 Å². The molecule has 2 bridgehead atoms. The van der Waals surface area contributed by atoms with Gasteiger partial charge in [-0.25, -0.2) is 0 Å². The molecule has 7 heteroatoms. The van der Waals surface area contributed by atoms with Crippen LogP contribution in [0.25, 0.3) is 0 Å². The van der Waals surface area contributed by atoms with Crippen molar-refractivity contribution in [3.8, 4) is 5.75 Å². The molecule has 2 aliphatic carbocycles. The molecule has 0 spiro atoms. The molecule has 0 aromatic heterocycles. The number of fused-ring (bicyclic) bond motifs is 2. The molecule has 2 amide bonds. The maximum absolute atomic E-state index is 12.8. The lowest BCUT2D eigenvalue weighted by atomic mass is 9.82. The molecule has 0 radical (unpaired) electrons. The molecular weight excluding hydrogens is 384 g/mol. The molecule has 30 heavy (non-hydrogen) atoms. The fourth-order valence-corrected chi connectivity index (χ4v) is 4.40. The number of carboxylic acid groups (broad SMARTS) is 1. The number of methoxy groups -OCH3 is 1. The molecule has 0 heterocycles. The Kier molecular flexibility index (Phi) is 5.27. The van der Waals surface area contributed by atoms with Crippen LogP contribution in [-0.4, -0.2) is 30.0 Å². The second-order valence-electron chi connectivity index (χ2n) is 7.56. The topological polar surface area (TPSA) is 105 Å². The van der Waals surface area contributed by atoms with E-state index in [-0.39, 0.29) is 23.7 Å². The number of hydrogen-bond acceptors (Lipinski definition) is 4. The van der Waals surface area contributed by atoms with Crippen molar-refractivity contribution < 1.29 is 24.2 Å². The Hall–Kier alpha value is -3.61. The number of carbonyl (C=O) groups excluding carboxylic acids is 2. The predicted molar refractivity (Wildman–Crippen MR) is 111 cm³/mol. The molecular formula is C23H22N2O5. The molecule has 4 atom stereocenters. The number of hydrogen-bond donors (Lipinski definition) is 3.